The second kappa shape index (κ2) is 6.36. The first-order valence-corrected chi connectivity index (χ1v) is 6.31. The molecule has 0 spiro atoms. The van der Waals surface area contributed by atoms with Crippen molar-refractivity contribution in [1.82, 2.24) is 0 Å². The van der Waals surface area contributed by atoms with E-state index in [1.54, 1.807) is 30.3 Å². The minimum atomic E-state index is -0.472. The molecule has 0 aromatic heterocycles. The van der Waals surface area contributed by atoms with Crippen LogP contribution in [0.1, 0.15) is 5.56 Å². The summed E-state index contributed by atoms with van der Waals surface area (Å²) in [4.78, 5) is 10.2. The molecule has 0 atom stereocenters. The number of hydrogen-bond acceptors (Lipinski definition) is 4. The number of hydrogen-bond donors (Lipinski definition) is 1. The summed E-state index contributed by atoms with van der Waals surface area (Å²) in [6.45, 7) is 0. The maximum atomic E-state index is 10.6. The van der Waals surface area contributed by atoms with Gasteiger partial charge >= 0.3 is 0 Å². The van der Waals surface area contributed by atoms with Crippen LogP contribution >= 0.6 is 23.2 Å². The highest BCUT2D eigenvalue weighted by atomic mass is 35.5. The number of non-ortho nitro benzene ring substituents is 1. The van der Waals surface area contributed by atoms with E-state index in [4.69, 9.17) is 23.2 Å². The molecule has 7 heteroatoms. The lowest BCUT2D eigenvalue weighted by atomic mass is 10.2. The Bertz CT molecular complexity index is 654. The molecule has 0 bridgehead atoms. The van der Waals surface area contributed by atoms with Crippen molar-refractivity contribution in [2.75, 3.05) is 5.43 Å². The summed E-state index contributed by atoms with van der Waals surface area (Å²) in [6, 6.07) is 11.1. The second-order valence-corrected chi connectivity index (χ2v) is 4.63. The predicted molar refractivity (Wildman–Crippen MR) is 80.8 cm³/mol. The molecular weight excluding hydrogens is 301 g/mol. The van der Waals surface area contributed by atoms with Gasteiger partial charge in [0, 0.05) is 17.7 Å². The van der Waals surface area contributed by atoms with Gasteiger partial charge in [-0.3, -0.25) is 15.5 Å². The van der Waals surface area contributed by atoms with Crippen molar-refractivity contribution >= 4 is 40.8 Å². The fraction of sp³-hybridized carbons (Fsp3) is 0. The van der Waals surface area contributed by atoms with Crippen LogP contribution in [-0.4, -0.2) is 11.1 Å². The Morgan fingerprint density at radius 3 is 2.45 bits per heavy atom. The Morgan fingerprint density at radius 2 is 1.80 bits per heavy atom. The third-order valence-electron chi connectivity index (χ3n) is 2.44. The van der Waals surface area contributed by atoms with Crippen molar-refractivity contribution in [3.8, 4) is 0 Å². The standard InChI is InChI=1S/C13H9Cl2N3O2/c14-12-5-2-6-13(15)11(12)8-16-17-9-3-1-4-10(7-9)18(19)20/h1-8,17H/b16-8-. The quantitative estimate of drug-likeness (QED) is 0.518. The summed E-state index contributed by atoms with van der Waals surface area (Å²) in [5.74, 6) is 0. The van der Waals surface area contributed by atoms with Crippen molar-refractivity contribution in [1.29, 1.82) is 0 Å². The number of benzene rings is 2. The van der Waals surface area contributed by atoms with Crippen molar-refractivity contribution in [3.63, 3.8) is 0 Å². The molecule has 0 aliphatic carbocycles. The SMILES string of the molecule is O=[N+]([O-])c1cccc(N/N=C\c2c(Cl)cccc2Cl)c1. The van der Waals surface area contributed by atoms with Gasteiger partial charge in [0.25, 0.3) is 5.69 Å². The number of nitrogens with zero attached hydrogens (tertiary/aromatic N) is 2. The lowest BCUT2D eigenvalue weighted by molar-refractivity contribution is -0.384. The van der Waals surface area contributed by atoms with Gasteiger partial charge in [-0.1, -0.05) is 35.3 Å². The molecular formula is C13H9Cl2N3O2. The summed E-state index contributed by atoms with van der Waals surface area (Å²) < 4.78 is 0. The van der Waals surface area contributed by atoms with Gasteiger partial charge in [0.05, 0.1) is 26.9 Å². The number of rotatable bonds is 4. The molecule has 0 heterocycles. The van der Waals surface area contributed by atoms with Gasteiger partial charge in [-0.05, 0) is 18.2 Å². The Labute approximate surface area is 125 Å². The van der Waals surface area contributed by atoms with E-state index in [9.17, 15) is 10.1 Å². The summed E-state index contributed by atoms with van der Waals surface area (Å²) in [5, 5.41) is 15.6. The third-order valence-corrected chi connectivity index (χ3v) is 3.10. The van der Waals surface area contributed by atoms with Crippen LogP contribution in [0.3, 0.4) is 0 Å². The second-order valence-electron chi connectivity index (χ2n) is 3.81. The van der Waals surface area contributed by atoms with Gasteiger partial charge in [-0.25, -0.2) is 0 Å². The number of hydrazone groups is 1. The van der Waals surface area contributed by atoms with Gasteiger partial charge < -0.3 is 0 Å². The molecule has 0 amide bonds. The normalized spacial score (nSPS) is 10.7. The van der Waals surface area contributed by atoms with Crippen molar-refractivity contribution in [2.24, 2.45) is 5.10 Å². The van der Waals surface area contributed by atoms with Crippen LogP contribution in [0.5, 0.6) is 0 Å². The molecule has 5 nitrogen and oxygen atoms in total. The minimum absolute atomic E-state index is 0.0130. The first-order chi connectivity index (χ1) is 9.58. The molecule has 1 N–H and O–H groups in total. The number of nitro groups is 1. The van der Waals surface area contributed by atoms with Crippen molar-refractivity contribution < 1.29 is 4.92 Å². The van der Waals surface area contributed by atoms with E-state index in [1.165, 1.54) is 18.3 Å². The molecule has 0 aliphatic rings. The average molecular weight is 310 g/mol. The zero-order valence-corrected chi connectivity index (χ0v) is 11.6. The summed E-state index contributed by atoms with van der Waals surface area (Å²) in [6.07, 6.45) is 1.46. The molecule has 0 aliphatic heterocycles. The number of halogens is 2. The maximum absolute atomic E-state index is 10.6. The largest absolute Gasteiger partial charge is 0.278 e. The van der Waals surface area contributed by atoms with Crippen LogP contribution in [0.4, 0.5) is 11.4 Å². The number of nitrogens with one attached hydrogen (secondary N) is 1. The Morgan fingerprint density at radius 1 is 1.15 bits per heavy atom. The first kappa shape index (κ1) is 14.3. The van der Waals surface area contributed by atoms with Gasteiger partial charge in [0.15, 0.2) is 0 Å². The van der Waals surface area contributed by atoms with Crippen molar-refractivity contribution in [2.45, 2.75) is 0 Å². The fourth-order valence-electron chi connectivity index (χ4n) is 1.49. The molecule has 102 valence electrons. The highest BCUT2D eigenvalue weighted by Gasteiger charge is 2.05. The van der Waals surface area contributed by atoms with E-state index in [-0.39, 0.29) is 5.69 Å². The molecule has 2 aromatic rings. The van der Waals surface area contributed by atoms with E-state index in [2.05, 4.69) is 10.5 Å². The molecule has 0 saturated carbocycles. The van der Waals surface area contributed by atoms with E-state index in [0.29, 0.717) is 21.3 Å². The molecule has 0 radical (unpaired) electrons. The van der Waals surface area contributed by atoms with Gasteiger partial charge in [-0.2, -0.15) is 5.10 Å². The van der Waals surface area contributed by atoms with E-state index >= 15 is 0 Å². The van der Waals surface area contributed by atoms with Gasteiger partial charge in [0.2, 0.25) is 0 Å². The van der Waals surface area contributed by atoms with Gasteiger partial charge in [-0.15, -0.1) is 0 Å². The average Bonchev–Trinajstić information content (AvgIpc) is 2.42. The van der Waals surface area contributed by atoms with Crippen LogP contribution in [0.2, 0.25) is 10.0 Å². The van der Waals surface area contributed by atoms with Crippen LogP contribution in [0.25, 0.3) is 0 Å². The molecule has 2 aromatic carbocycles. The highest BCUT2D eigenvalue weighted by Crippen LogP contribution is 2.22. The summed E-state index contributed by atoms with van der Waals surface area (Å²) in [7, 11) is 0. The Kier molecular flexibility index (Phi) is 4.55. The molecule has 20 heavy (non-hydrogen) atoms. The van der Waals surface area contributed by atoms with E-state index in [0.717, 1.165) is 0 Å². The van der Waals surface area contributed by atoms with Crippen LogP contribution in [0, 0.1) is 10.1 Å². The number of anilines is 1. The van der Waals surface area contributed by atoms with E-state index in [1.807, 2.05) is 0 Å². The monoisotopic (exact) mass is 309 g/mol. The highest BCUT2D eigenvalue weighted by molar-refractivity contribution is 6.38. The smallest absolute Gasteiger partial charge is 0.271 e. The Hall–Kier alpha value is -2.11. The molecule has 0 saturated heterocycles. The van der Waals surface area contributed by atoms with Crippen LogP contribution < -0.4 is 5.43 Å². The maximum Gasteiger partial charge on any atom is 0.271 e. The predicted octanol–water partition coefficient (Wildman–Crippen LogP) is 4.35. The zero-order chi connectivity index (χ0) is 14.5. The van der Waals surface area contributed by atoms with Crippen LogP contribution in [0.15, 0.2) is 47.6 Å². The zero-order valence-electron chi connectivity index (χ0n) is 10.1. The lowest BCUT2D eigenvalue weighted by Crippen LogP contribution is -1.93. The molecule has 0 unspecified atom stereocenters. The molecule has 0 fully saturated rings. The van der Waals surface area contributed by atoms with Crippen molar-refractivity contribution in [3.05, 3.63) is 68.2 Å². The van der Waals surface area contributed by atoms with Gasteiger partial charge in [0.1, 0.15) is 0 Å². The topological polar surface area (TPSA) is 67.5 Å². The minimum Gasteiger partial charge on any atom is -0.278 e. The number of nitro benzene ring substituents is 1. The lowest BCUT2D eigenvalue weighted by Gasteiger charge is -2.02. The summed E-state index contributed by atoms with van der Waals surface area (Å²) in [5.41, 5.74) is 3.75. The Balaban J connectivity index is 2.14. The molecule has 2 rings (SSSR count). The van der Waals surface area contributed by atoms with Crippen LogP contribution in [-0.2, 0) is 0 Å². The third kappa shape index (κ3) is 3.46. The van der Waals surface area contributed by atoms with E-state index < -0.39 is 4.92 Å². The first-order valence-electron chi connectivity index (χ1n) is 5.55. The fourth-order valence-corrected chi connectivity index (χ4v) is 1.99. The summed E-state index contributed by atoms with van der Waals surface area (Å²) >= 11 is 12.0.